The highest BCUT2D eigenvalue weighted by molar-refractivity contribution is 5.93. The van der Waals surface area contributed by atoms with E-state index in [1.807, 2.05) is 18.2 Å². The standard InChI is InChI=1S/C24H25FN4O3/c1-3-23(30)29-9-7-18(8-10-29)32-22-12-19-20(13-21(22)31-2)26-15-27-24(19)28-17-6-4-5-16(11-17)14-25/h3-6,11-13,15,18H,1,7-10,14H2,2H3,(H,26,27,28). The van der Waals surface area contributed by atoms with Gasteiger partial charge in [-0.3, -0.25) is 4.79 Å². The molecule has 0 unspecified atom stereocenters. The average molecular weight is 436 g/mol. The molecule has 1 aliphatic rings. The van der Waals surface area contributed by atoms with Crippen LogP contribution in [0.2, 0.25) is 0 Å². The summed E-state index contributed by atoms with van der Waals surface area (Å²) in [5.74, 6) is 1.69. The van der Waals surface area contributed by atoms with Crippen LogP contribution in [0, 0.1) is 0 Å². The number of amides is 1. The lowest BCUT2D eigenvalue weighted by molar-refractivity contribution is -0.127. The summed E-state index contributed by atoms with van der Waals surface area (Å²) in [4.78, 5) is 22.3. The third-order valence-electron chi connectivity index (χ3n) is 5.49. The number of likely N-dealkylation sites (tertiary alicyclic amines) is 1. The molecule has 1 aromatic heterocycles. The minimum absolute atomic E-state index is 0.0440. The fourth-order valence-electron chi connectivity index (χ4n) is 3.79. The highest BCUT2D eigenvalue weighted by Gasteiger charge is 2.24. The van der Waals surface area contributed by atoms with Crippen LogP contribution in [0.4, 0.5) is 15.9 Å². The number of nitrogens with one attached hydrogen (secondary N) is 1. The molecule has 1 amide bonds. The van der Waals surface area contributed by atoms with E-state index in [1.165, 1.54) is 12.4 Å². The Morgan fingerprint density at radius 3 is 2.78 bits per heavy atom. The van der Waals surface area contributed by atoms with Crippen molar-refractivity contribution in [2.75, 3.05) is 25.5 Å². The Morgan fingerprint density at radius 2 is 2.06 bits per heavy atom. The molecule has 2 aromatic carbocycles. The number of carbonyl (C=O) groups excluding carboxylic acids is 1. The maximum atomic E-state index is 13.0. The first kappa shape index (κ1) is 21.5. The van der Waals surface area contributed by atoms with Crippen LogP contribution < -0.4 is 14.8 Å². The number of ether oxygens (including phenoxy) is 2. The molecule has 166 valence electrons. The fourth-order valence-corrected chi connectivity index (χ4v) is 3.79. The number of piperidine rings is 1. The van der Waals surface area contributed by atoms with Gasteiger partial charge in [0.1, 0.15) is 24.9 Å². The molecule has 1 fully saturated rings. The minimum atomic E-state index is -0.535. The number of methoxy groups -OCH3 is 1. The summed E-state index contributed by atoms with van der Waals surface area (Å²) in [7, 11) is 1.59. The van der Waals surface area contributed by atoms with Crippen molar-refractivity contribution in [2.45, 2.75) is 25.6 Å². The van der Waals surface area contributed by atoms with Gasteiger partial charge in [0.15, 0.2) is 11.5 Å². The third kappa shape index (κ3) is 4.64. The Hall–Kier alpha value is -3.68. The molecule has 0 saturated carbocycles. The van der Waals surface area contributed by atoms with Crippen LogP contribution in [0.1, 0.15) is 18.4 Å². The zero-order valence-electron chi connectivity index (χ0n) is 17.9. The molecule has 8 heteroatoms. The van der Waals surface area contributed by atoms with E-state index in [-0.39, 0.29) is 12.0 Å². The van der Waals surface area contributed by atoms with Crippen LogP contribution in [0.5, 0.6) is 11.5 Å². The number of rotatable bonds is 7. The Morgan fingerprint density at radius 1 is 1.25 bits per heavy atom. The van der Waals surface area contributed by atoms with Crippen molar-refractivity contribution in [2.24, 2.45) is 0 Å². The molecule has 1 saturated heterocycles. The smallest absolute Gasteiger partial charge is 0.245 e. The topological polar surface area (TPSA) is 76.6 Å². The van der Waals surface area contributed by atoms with E-state index in [0.717, 1.165) is 11.1 Å². The third-order valence-corrected chi connectivity index (χ3v) is 5.49. The van der Waals surface area contributed by atoms with Crippen LogP contribution >= 0.6 is 0 Å². The normalized spacial score (nSPS) is 14.2. The van der Waals surface area contributed by atoms with Crippen LogP contribution in [-0.2, 0) is 11.5 Å². The summed E-state index contributed by atoms with van der Waals surface area (Å²) in [5.41, 5.74) is 2.01. The molecular formula is C24H25FN4O3. The van der Waals surface area contributed by atoms with Gasteiger partial charge >= 0.3 is 0 Å². The quantitative estimate of drug-likeness (QED) is 0.553. The lowest BCUT2D eigenvalue weighted by atomic mass is 10.1. The van der Waals surface area contributed by atoms with Gasteiger partial charge < -0.3 is 19.7 Å². The van der Waals surface area contributed by atoms with Gasteiger partial charge in [-0.15, -0.1) is 0 Å². The molecule has 1 aliphatic heterocycles. The van der Waals surface area contributed by atoms with Gasteiger partial charge in [0.05, 0.1) is 12.6 Å². The minimum Gasteiger partial charge on any atom is -0.493 e. The summed E-state index contributed by atoms with van der Waals surface area (Å²) in [5, 5.41) is 4.00. The summed E-state index contributed by atoms with van der Waals surface area (Å²) in [6.07, 6.45) is 4.19. The van der Waals surface area contributed by atoms with Gasteiger partial charge in [0, 0.05) is 43.1 Å². The average Bonchev–Trinajstić information content (AvgIpc) is 2.84. The van der Waals surface area contributed by atoms with Crippen molar-refractivity contribution >= 4 is 28.3 Å². The number of hydrogen-bond acceptors (Lipinski definition) is 6. The molecule has 7 nitrogen and oxygen atoms in total. The molecule has 0 spiro atoms. The van der Waals surface area contributed by atoms with Gasteiger partial charge in [-0.25, -0.2) is 14.4 Å². The Kier molecular flexibility index (Phi) is 6.49. The molecule has 1 N–H and O–H groups in total. The van der Waals surface area contributed by atoms with Crippen molar-refractivity contribution in [3.63, 3.8) is 0 Å². The van der Waals surface area contributed by atoms with Crippen molar-refractivity contribution in [3.05, 3.63) is 60.9 Å². The van der Waals surface area contributed by atoms with Crippen molar-refractivity contribution in [1.29, 1.82) is 0 Å². The van der Waals surface area contributed by atoms with Gasteiger partial charge in [-0.1, -0.05) is 18.7 Å². The molecule has 32 heavy (non-hydrogen) atoms. The summed E-state index contributed by atoms with van der Waals surface area (Å²) < 4.78 is 24.8. The zero-order chi connectivity index (χ0) is 22.5. The van der Waals surface area contributed by atoms with E-state index in [9.17, 15) is 9.18 Å². The van der Waals surface area contributed by atoms with Crippen molar-refractivity contribution in [1.82, 2.24) is 14.9 Å². The van der Waals surface area contributed by atoms with Gasteiger partial charge in [-0.2, -0.15) is 0 Å². The van der Waals surface area contributed by atoms with Crippen LogP contribution in [-0.4, -0.2) is 47.1 Å². The monoisotopic (exact) mass is 436 g/mol. The lowest BCUT2D eigenvalue weighted by Crippen LogP contribution is -2.41. The first-order chi connectivity index (χ1) is 15.6. The number of aromatic nitrogens is 2. The molecule has 2 heterocycles. The maximum absolute atomic E-state index is 13.0. The molecule has 4 rings (SSSR count). The largest absolute Gasteiger partial charge is 0.493 e. The van der Waals surface area contributed by atoms with Crippen LogP contribution in [0.3, 0.4) is 0 Å². The molecular weight excluding hydrogens is 411 g/mol. The van der Waals surface area contributed by atoms with Crippen LogP contribution in [0.15, 0.2) is 55.4 Å². The second-order valence-corrected chi connectivity index (χ2v) is 7.55. The number of nitrogens with zero attached hydrogens (tertiary/aromatic N) is 3. The van der Waals surface area contributed by atoms with Gasteiger partial charge in [0.2, 0.25) is 5.91 Å². The highest BCUT2D eigenvalue weighted by Crippen LogP contribution is 2.36. The number of benzene rings is 2. The fraction of sp³-hybridized carbons (Fsp3) is 0.292. The predicted molar refractivity (Wildman–Crippen MR) is 121 cm³/mol. The van der Waals surface area contributed by atoms with E-state index in [4.69, 9.17) is 9.47 Å². The number of alkyl halides is 1. The summed E-state index contributed by atoms with van der Waals surface area (Å²) >= 11 is 0. The Labute approximate surface area is 185 Å². The maximum Gasteiger partial charge on any atom is 0.245 e. The second-order valence-electron chi connectivity index (χ2n) is 7.55. The first-order valence-corrected chi connectivity index (χ1v) is 10.4. The number of anilines is 2. The zero-order valence-corrected chi connectivity index (χ0v) is 17.9. The SMILES string of the molecule is C=CC(=O)N1CCC(Oc2cc3c(Nc4cccc(CF)c4)ncnc3cc2OC)CC1. The molecule has 0 bridgehead atoms. The molecule has 0 radical (unpaired) electrons. The Bertz CT molecular complexity index is 1130. The van der Waals surface area contributed by atoms with Gasteiger partial charge in [-0.05, 0) is 29.8 Å². The second kappa shape index (κ2) is 9.64. The van der Waals surface area contributed by atoms with Gasteiger partial charge in [0.25, 0.3) is 0 Å². The predicted octanol–water partition coefficient (Wildman–Crippen LogP) is 4.41. The first-order valence-electron chi connectivity index (χ1n) is 10.4. The molecule has 3 aromatic rings. The van der Waals surface area contributed by atoms with Crippen molar-refractivity contribution < 1.29 is 18.7 Å². The highest BCUT2D eigenvalue weighted by atomic mass is 19.1. The lowest BCUT2D eigenvalue weighted by Gasteiger charge is -2.31. The Balaban J connectivity index is 1.59. The van der Waals surface area contributed by atoms with E-state index in [0.29, 0.717) is 54.3 Å². The summed E-state index contributed by atoms with van der Waals surface area (Å²) in [6.45, 7) is 4.25. The van der Waals surface area contributed by atoms with E-state index < -0.39 is 6.67 Å². The number of hydrogen-bond donors (Lipinski definition) is 1. The number of halogens is 1. The van der Waals surface area contributed by atoms with Crippen molar-refractivity contribution in [3.8, 4) is 11.5 Å². The number of fused-ring (bicyclic) bond motifs is 1. The van der Waals surface area contributed by atoms with Crippen LogP contribution in [0.25, 0.3) is 10.9 Å². The van der Waals surface area contributed by atoms with E-state index >= 15 is 0 Å². The summed E-state index contributed by atoms with van der Waals surface area (Å²) in [6, 6.07) is 10.8. The van der Waals surface area contributed by atoms with E-state index in [1.54, 1.807) is 30.2 Å². The molecule has 0 atom stereocenters. The number of carbonyl (C=O) groups is 1. The molecule has 0 aliphatic carbocycles. The van der Waals surface area contributed by atoms with E-state index in [2.05, 4.69) is 21.9 Å².